The first-order valence-electron chi connectivity index (χ1n) is 14.7. The summed E-state index contributed by atoms with van der Waals surface area (Å²) in [5.41, 5.74) is 11.8. The van der Waals surface area contributed by atoms with Gasteiger partial charge < -0.3 is 9.13 Å². The van der Waals surface area contributed by atoms with Gasteiger partial charge in [-0.3, -0.25) is 0 Å². The van der Waals surface area contributed by atoms with Crippen molar-refractivity contribution in [3.63, 3.8) is 0 Å². The lowest BCUT2D eigenvalue weighted by Gasteiger charge is -2.11. The molecule has 2 heterocycles. The van der Waals surface area contributed by atoms with Gasteiger partial charge in [-0.1, -0.05) is 110 Å². The molecule has 0 aliphatic heterocycles. The Morgan fingerprint density at radius 1 is 0.636 bits per heavy atom. The molecule has 2 nitrogen and oxygen atoms in total. The number of nitrogens with zero attached hydrogens (tertiary/aromatic N) is 2. The van der Waals surface area contributed by atoms with Crippen LogP contribution in [0.15, 0.2) is 147 Å². The molecule has 2 aromatic heterocycles. The third-order valence-corrected chi connectivity index (χ3v) is 8.55. The summed E-state index contributed by atoms with van der Waals surface area (Å²) in [4.78, 5) is 0. The summed E-state index contributed by atoms with van der Waals surface area (Å²) in [6.45, 7) is 14.4. The maximum atomic E-state index is 6.76. The van der Waals surface area contributed by atoms with Gasteiger partial charge in [-0.2, -0.15) is 0 Å². The van der Waals surface area contributed by atoms with E-state index in [4.69, 9.17) is 11.6 Å². The van der Waals surface area contributed by atoms with E-state index < -0.39 is 0 Å². The number of allylic oxidation sites excluding steroid dienone is 3. The van der Waals surface area contributed by atoms with E-state index in [-0.39, 0.29) is 0 Å². The quantitative estimate of drug-likeness (QED) is 0.164. The third kappa shape index (κ3) is 4.43. The molecule has 7 rings (SSSR count). The second kappa shape index (κ2) is 11.1. The summed E-state index contributed by atoms with van der Waals surface area (Å²) >= 11 is 6.76. The Hall–Kier alpha value is -5.31. The molecule has 0 spiro atoms. The molecular formula is C41H31ClN2. The fourth-order valence-electron chi connectivity index (χ4n) is 6.36. The number of halogens is 1. The Morgan fingerprint density at radius 2 is 1.23 bits per heavy atom. The van der Waals surface area contributed by atoms with Crippen LogP contribution in [-0.2, 0) is 0 Å². The lowest BCUT2D eigenvalue weighted by Crippen LogP contribution is -1.97. The average Bonchev–Trinajstić information content (AvgIpc) is 3.57. The largest absolute Gasteiger partial charge is 0.310 e. The molecule has 0 unspecified atom stereocenters. The molecule has 44 heavy (non-hydrogen) atoms. The molecule has 0 N–H and O–H groups in total. The number of hydrogen-bond donors (Lipinski definition) is 0. The smallest absolute Gasteiger partial charge is 0.0552 e. The van der Waals surface area contributed by atoms with Crippen LogP contribution in [0.2, 0.25) is 0 Å². The molecule has 0 saturated heterocycles. The van der Waals surface area contributed by atoms with Crippen LogP contribution in [-0.4, -0.2) is 9.13 Å². The lowest BCUT2D eigenvalue weighted by atomic mass is 10.00. The van der Waals surface area contributed by atoms with E-state index in [1.807, 2.05) is 19.1 Å². The summed E-state index contributed by atoms with van der Waals surface area (Å²) in [6, 6.07) is 40.8. The zero-order valence-electron chi connectivity index (χ0n) is 24.6. The Kier molecular flexibility index (Phi) is 6.93. The van der Waals surface area contributed by atoms with Crippen LogP contribution in [0.4, 0.5) is 0 Å². The third-order valence-electron chi connectivity index (χ3n) is 8.36. The highest BCUT2D eigenvalue weighted by atomic mass is 35.5. The summed E-state index contributed by atoms with van der Waals surface area (Å²) in [7, 11) is 0. The SMILES string of the molecule is C=CC(=C)n1c2ccccc2c2cc(-c3ccc4c(c3)c(C(=C)Cl)c(/C=C\C)n4-c3ccc(-c4ccccc4)cc3)ccc21. The molecule has 0 fully saturated rings. The molecule has 7 aromatic rings. The fourth-order valence-corrected chi connectivity index (χ4v) is 6.55. The Morgan fingerprint density at radius 3 is 1.91 bits per heavy atom. The van der Waals surface area contributed by atoms with Gasteiger partial charge in [0.25, 0.3) is 0 Å². The maximum absolute atomic E-state index is 6.76. The van der Waals surface area contributed by atoms with Crippen LogP contribution in [0.3, 0.4) is 0 Å². The van der Waals surface area contributed by atoms with Crippen LogP contribution in [0.25, 0.3) is 77.5 Å². The summed E-state index contributed by atoms with van der Waals surface area (Å²) < 4.78 is 4.45. The van der Waals surface area contributed by atoms with E-state index in [2.05, 4.69) is 144 Å². The second-order valence-corrected chi connectivity index (χ2v) is 11.4. The van der Waals surface area contributed by atoms with Gasteiger partial charge >= 0.3 is 0 Å². The van der Waals surface area contributed by atoms with Crippen molar-refractivity contribution in [2.45, 2.75) is 6.92 Å². The minimum atomic E-state index is 0.515. The van der Waals surface area contributed by atoms with Crippen molar-refractivity contribution in [3.05, 3.63) is 158 Å². The van der Waals surface area contributed by atoms with Crippen LogP contribution in [0, 0.1) is 0 Å². The Balaban J connectivity index is 1.42. The minimum absolute atomic E-state index is 0.515. The highest BCUT2D eigenvalue weighted by Crippen LogP contribution is 2.40. The zero-order chi connectivity index (χ0) is 30.4. The Bertz CT molecular complexity index is 2280. The van der Waals surface area contributed by atoms with Crippen molar-refractivity contribution in [1.29, 1.82) is 0 Å². The molecule has 0 aliphatic carbocycles. The van der Waals surface area contributed by atoms with Crippen LogP contribution < -0.4 is 0 Å². The fraction of sp³-hybridized carbons (Fsp3) is 0.0244. The minimum Gasteiger partial charge on any atom is -0.310 e. The van der Waals surface area contributed by atoms with Crippen molar-refractivity contribution in [2.75, 3.05) is 0 Å². The van der Waals surface area contributed by atoms with Gasteiger partial charge in [-0.25, -0.2) is 0 Å². The normalized spacial score (nSPS) is 11.6. The van der Waals surface area contributed by atoms with Crippen LogP contribution >= 0.6 is 11.6 Å². The lowest BCUT2D eigenvalue weighted by molar-refractivity contribution is 1.10. The summed E-state index contributed by atoms with van der Waals surface area (Å²) in [6.07, 6.45) is 5.96. The molecule has 5 aromatic carbocycles. The first kappa shape index (κ1) is 27.5. The standard InChI is InChI=1S/C41H31ClN2/c1-5-12-40-41(28(4)42)36-26-32(20-24-39(36)44(40)33-21-17-30(18-22-33)29-13-8-7-9-14-29)31-19-23-38-35(25-31)34-15-10-11-16-37(34)43(38)27(3)6-2/h5-26H,2-4H2,1H3/b12-5-. The number of benzene rings is 5. The number of fused-ring (bicyclic) bond motifs is 4. The molecule has 0 atom stereocenters. The van der Waals surface area contributed by atoms with Crippen molar-refractivity contribution < 1.29 is 0 Å². The van der Waals surface area contributed by atoms with Crippen molar-refractivity contribution in [1.82, 2.24) is 9.13 Å². The topological polar surface area (TPSA) is 9.86 Å². The first-order chi connectivity index (χ1) is 21.5. The summed E-state index contributed by atoms with van der Waals surface area (Å²) in [5, 5.41) is 3.93. The van der Waals surface area contributed by atoms with Gasteiger partial charge in [-0.15, -0.1) is 0 Å². The second-order valence-electron chi connectivity index (χ2n) is 10.9. The average molecular weight is 587 g/mol. The number of aromatic nitrogens is 2. The molecular weight excluding hydrogens is 556 g/mol. The predicted octanol–water partition coefficient (Wildman–Crippen LogP) is 12.0. The van der Waals surface area contributed by atoms with Crippen LogP contribution in [0.5, 0.6) is 0 Å². The number of rotatable bonds is 7. The maximum Gasteiger partial charge on any atom is 0.0552 e. The van der Waals surface area contributed by atoms with Gasteiger partial charge in [0.15, 0.2) is 0 Å². The molecule has 0 amide bonds. The van der Waals surface area contributed by atoms with E-state index in [9.17, 15) is 0 Å². The Labute approximate surface area is 262 Å². The van der Waals surface area contributed by atoms with Gasteiger partial charge in [0.2, 0.25) is 0 Å². The van der Waals surface area contributed by atoms with E-state index >= 15 is 0 Å². The van der Waals surface area contributed by atoms with E-state index in [1.165, 1.54) is 21.9 Å². The molecule has 3 heteroatoms. The molecule has 0 saturated carbocycles. The van der Waals surface area contributed by atoms with Gasteiger partial charge in [0, 0.05) is 38.1 Å². The van der Waals surface area contributed by atoms with Crippen LogP contribution in [0.1, 0.15) is 18.2 Å². The van der Waals surface area contributed by atoms with Crippen molar-refractivity contribution in [3.8, 4) is 27.9 Å². The predicted molar refractivity (Wildman–Crippen MR) is 192 cm³/mol. The highest BCUT2D eigenvalue weighted by Gasteiger charge is 2.20. The van der Waals surface area contributed by atoms with Gasteiger partial charge in [-0.05, 0) is 83.8 Å². The highest BCUT2D eigenvalue weighted by molar-refractivity contribution is 6.49. The summed E-state index contributed by atoms with van der Waals surface area (Å²) in [5.74, 6) is 0. The van der Waals surface area contributed by atoms with Crippen molar-refractivity contribution >= 4 is 61.1 Å². The van der Waals surface area contributed by atoms with Crippen molar-refractivity contribution in [2.24, 2.45) is 0 Å². The number of para-hydroxylation sites is 1. The monoisotopic (exact) mass is 586 g/mol. The van der Waals surface area contributed by atoms with E-state index in [1.54, 1.807) is 6.08 Å². The molecule has 0 bridgehead atoms. The van der Waals surface area contributed by atoms with E-state index in [0.29, 0.717) is 5.03 Å². The van der Waals surface area contributed by atoms with Gasteiger partial charge in [0.1, 0.15) is 0 Å². The number of hydrogen-bond acceptors (Lipinski definition) is 0. The molecule has 0 radical (unpaired) electrons. The molecule has 212 valence electrons. The molecule has 0 aliphatic rings. The first-order valence-corrected chi connectivity index (χ1v) is 15.0. The zero-order valence-corrected chi connectivity index (χ0v) is 25.4. The van der Waals surface area contributed by atoms with Gasteiger partial charge in [0.05, 0.1) is 22.2 Å². The van der Waals surface area contributed by atoms with E-state index in [0.717, 1.165) is 55.7 Å².